The highest BCUT2D eigenvalue weighted by Crippen LogP contribution is 2.31. The van der Waals surface area contributed by atoms with E-state index in [2.05, 4.69) is 15.4 Å². The van der Waals surface area contributed by atoms with Gasteiger partial charge in [-0.1, -0.05) is 48.0 Å². The lowest BCUT2D eigenvalue weighted by Gasteiger charge is -2.13. The van der Waals surface area contributed by atoms with Crippen LogP contribution in [0.3, 0.4) is 0 Å². The van der Waals surface area contributed by atoms with E-state index in [9.17, 15) is 18.0 Å². The Kier molecular flexibility index (Phi) is 7.02. The summed E-state index contributed by atoms with van der Waals surface area (Å²) >= 11 is 6.16. The highest BCUT2D eigenvalue weighted by atomic mass is 35.5. The van der Waals surface area contributed by atoms with E-state index in [0.29, 0.717) is 11.4 Å². The molecule has 0 saturated heterocycles. The maximum Gasteiger partial charge on any atom is 0.255 e. The van der Waals surface area contributed by atoms with Gasteiger partial charge in [-0.2, -0.15) is 0 Å². The van der Waals surface area contributed by atoms with E-state index < -0.39 is 15.9 Å². The zero-order valence-corrected chi connectivity index (χ0v) is 20.0. The van der Waals surface area contributed by atoms with Gasteiger partial charge in [0.1, 0.15) is 4.90 Å². The molecule has 0 spiro atoms. The molecule has 9 heteroatoms. The van der Waals surface area contributed by atoms with Crippen molar-refractivity contribution in [2.45, 2.75) is 31.2 Å². The first-order chi connectivity index (χ1) is 16.2. The number of sulfonamides is 1. The quantitative estimate of drug-likeness (QED) is 0.418. The van der Waals surface area contributed by atoms with Gasteiger partial charge < -0.3 is 10.6 Å². The summed E-state index contributed by atoms with van der Waals surface area (Å²) in [6.45, 7) is 1.92. The molecular formula is C25H24ClN3O4S. The van der Waals surface area contributed by atoms with Gasteiger partial charge in [0.25, 0.3) is 5.91 Å². The maximum atomic E-state index is 12.9. The molecule has 1 aliphatic carbocycles. The summed E-state index contributed by atoms with van der Waals surface area (Å²) < 4.78 is 28.2. The van der Waals surface area contributed by atoms with Gasteiger partial charge >= 0.3 is 0 Å². The van der Waals surface area contributed by atoms with Crippen LogP contribution in [-0.2, 0) is 21.4 Å². The molecular weight excluding hydrogens is 474 g/mol. The minimum absolute atomic E-state index is 0.0121. The molecule has 0 aliphatic heterocycles. The number of rotatable bonds is 8. The van der Waals surface area contributed by atoms with E-state index in [-0.39, 0.29) is 33.9 Å². The van der Waals surface area contributed by atoms with Gasteiger partial charge in [0, 0.05) is 29.4 Å². The number of anilines is 2. The standard InChI is InChI=1S/C25H24ClN3O4S/c1-16-7-11-20(28-24(30)18-8-9-18)14-22(16)29-25(31)19-10-12-21(26)23(13-19)34(32,33)27-15-17-5-3-2-4-6-17/h2-7,10-14,18,27H,8-9,15H2,1H3,(H,28,30)(H,29,31). The van der Waals surface area contributed by atoms with Gasteiger partial charge in [-0.25, -0.2) is 13.1 Å². The van der Waals surface area contributed by atoms with Crippen LogP contribution in [0.4, 0.5) is 11.4 Å². The lowest BCUT2D eigenvalue weighted by atomic mass is 10.1. The van der Waals surface area contributed by atoms with Gasteiger partial charge in [0.2, 0.25) is 15.9 Å². The number of amides is 2. The number of hydrogen-bond donors (Lipinski definition) is 3. The average Bonchev–Trinajstić information content (AvgIpc) is 3.66. The number of nitrogens with one attached hydrogen (secondary N) is 3. The third-order valence-electron chi connectivity index (χ3n) is 5.49. The van der Waals surface area contributed by atoms with Crippen molar-refractivity contribution in [1.82, 2.24) is 4.72 Å². The van der Waals surface area contributed by atoms with Crippen LogP contribution in [0.15, 0.2) is 71.6 Å². The Morgan fingerprint density at radius 2 is 1.71 bits per heavy atom. The molecule has 3 N–H and O–H groups in total. The molecule has 0 radical (unpaired) electrons. The Morgan fingerprint density at radius 3 is 2.41 bits per heavy atom. The number of aryl methyl sites for hydroxylation is 1. The normalized spacial score (nSPS) is 13.4. The van der Waals surface area contributed by atoms with Gasteiger partial charge in [0.05, 0.1) is 5.02 Å². The topological polar surface area (TPSA) is 104 Å². The minimum Gasteiger partial charge on any atom is -0.326 e. The van der Waals surface area contributed by atoms with Gasteiger partial charge in [-0.15, -0.1) is 0 Å². The highest BCUT2D eigenvalue weighted by Gasteiger charge is 2.29. The Morgan fingerprint density at radius 1 is 0.971 bits per heavy atom. The Labute approximate surface area is 203 Å². The van der Waals surface area contributed by atoms with Crippen LogP contribution in [0.1, 0.15) is 34.3 Å². The molecule has 7 nitrogen and oxygen atoms in total. The van der Waals surface area contributed by atoms with Crippen molar-refractivity contribution in [2.24, 2.45) is 5.92 Å². The first-order valence-corrected chi connectivity index (χ1v) is 12.6. The Balaban J connectivity index is 1.51. The molecule has 1 saturated carbocycles. The molecule has 4 rings (SSSR count). The molecule has 176 valence electrons. The van der Waals surface area contributed by atoms with E-state index >= 15 is 0 Å². The van der Waals surface area contributed by atoms with Crippen LogP contribution < -0.4 is 15.4 Å². The summed E-state index contributed by atoms with van der Waals surface area (Å²) in [5.74, 6) is -0.467. The van der Waals surface area contributed by atoms with Crippen molar-refractivity contribution < 1.29 is 18.0 Å². The molecule has 34 heavy (non-hydrogen) atoms. The van der Waals surface area contributed by atoms with Gasteiger partial charge in [0.15, 0.2) is 0 Å². The molecule has 3 aromatic rings. The summed E-state index contributed by atoms with van der Waals surface area (Å²) in [5.41, 5.74) is 2.82. The minimum atomic E-state index is -3.96. The van der Waals surface area contributed by atoms with Crippen molar-refractivity contribution in [3.8, 4) is 0 Å². The molecule has 0 heterocycles. The van der Waals surface area contributed by atoms with Crippen LogP contribution in [0.25, 0.3) is 0 Å². The van der Waals surface area contributed by atoms with Crippen LogP contribution >= 0.6 is 11.6 Å². The lowest BCUT2D eigenvalue weighted by Crippen LogP contribution is -2.24. The molecule has 3 aromatic carbocycles. The SMILES string of the molecule is Cc1ccc(NC(=O)C2CC2)cc1NC(=O)c1ccc(Cl)c(S(=O)(=O)NCc2ccccc2)c1. The summed E-state index contributed by atoms with van der Waals surface area (Å²) in [6, 6.07) is 18.4. The Bertz CT molecular complexity index is 1340. The summed E-state index contributed by atoms with van der Waals surface area (Å²) in [4.78, 5) is 24.8. The van der Waals surface area contributed by atoms with E-state index in [1.54, 1.807) is 30.3 Å². The van der Waals surface area contributed by atoms with Crippen molar-refractivity contribution >= 4 is 44.8 Å². The molecule has 1 fully saturated rings. The molecule has 1 aliphatic rings. The van der Waals surface area contributed by atoms with Gasteiger partial charge in [-0.3, -0.25) is 9.59 Å². The average molecular weight is 498 g/mol. The second-order valence-electron chi connectivity index (χ2n) is 8.20. The van der Waals surface area contributed by atoms with Gasteiger partial charge in [-0.05, 0) is 61.2 Å². The van der Waals surface area contributed by atoms with Crippen LogP contribution in [0.2, 0.25) is 5.02 Å². The van der Waals surface area contributed by atoms with Crippen molar-refractivity contribution in [1.29, 1.82) is 0 Å². The smallest absolute Gasteiger partial charge is 0.255 e. The zero-order valence-electron chi connectivity index (χ0n) is 18.5. The van der Waals surface area contributed by atoms with E-state index in [1.807, 2.05) is 25.1 Å². The molecule has 0 unspecified atom stereocenters. The first kappa shape index (κ1) is 23.9. The third kappa shape index (κ3) is 5.83. The first-order valence-electron chi connectivity index (χ1n) is 10.8. The number of benzene rings is 3. The zero-order chi connectivity index (χ0) is 24.3. The highest BCUT2D eigenvalue weighted by molar-refractivity contribution is 7.89. The van der Waals surface area contributed by atoms with Crippen molar-refractivity contribution in [3.63, 3.8) is 0 Å². The maximum absolute atomic E-state index is 12.9. The summed E-state index contributed by atoms with van der Waals surface area (Å²) in [5, 5.41) is 5.66. The lowest BCUT2D eigenvalue weighted by molar-refractivity contribution is -0.117. The molecule has 2 amide bonds. The fourth-order valence-corrected chi connectivity index (χ4v) is 4.86. The number of hydrogen-bond acceptors (Lipinski definition) is 4. The third-order valence-corrected chi connectivity index (χ3v) is 7.38. The van der Waals surface area contributed by atoms with Crippen molar-refractivity contribution in [3.05, 3.63) is 88.4 Å². The predicted octanol–water partition coefficient (Wildman–Crippen LogP) is 4.73. The largest absolute Gasteiger partial charge is 0.326 e. The predicted molar refractivity (Wildman–Crippen MR) is 132 cm³/mol. The second kappa shape index (κ2) is 9.97. The van der Waals surface area contributed by atoms with E-state index in [4.69, 9.17) is 11.6 Å². The van der Waals surface area contributed by atoms with E-state index in [0.717, 1.165) is 24.0 Å². The van der Waals surface area contributed by atoms with Crippen LogP contribution in [-0.4, -0.2) is 20.2 Å². The molecule has 0 aromatic heterocycles. The fourth-order valence-electron chi connectivity index (χ4n) is 3.32. The van der Waals surface area contributed by atoms with E-state index in [1.165, 1.54) is 18.2 Å². The number of carbonyl (C=O) groups excluding carboxylic acids is 2. The van der Waals surface area contributed by atoms with Crippen molar-refractivity contribution in [2.75, 3.05) is 10.6 Å². The number of halogens is 1. The second-order valence-corrected chi connectivity index (χ2v) is 10.3. The van der Waals surface area contributed by atoms with Crippen LogP contribution in [0.5, 0.6) is 0 Å². The van der Waals surface area contributed by atoms with Crippen LogP contribution in [0, 0.1) is 12.8 Å². The summed E-state index contributed by atoms with van der Waals surface area (Å²) in [7, 11) is -3.96. The Hall–Kier alpha value is -3.20. The summed E-state index contributed by atoms with van der Waals surface area (Å²) in [6.07, 6.45) is 1.78. The number of carbonyl (C=O) groups is 2. The monoisotopic (exact) mass is 497 g/mol. The molecule has 0 bridgehead atoms. The fraction of sp³-hybridized carbons (Fsp3) is 0.200. The molecule has 0 atom stereocenters.